The molecule has 0 aliphatic rings. The molecular weight excluding hydrogens is 250 g/mol. The molecule has 0 radical (unpaired) electrons. The molecular formula is C12H21N3O2S. The fourth-order valence-corrected chi connectivity index (χ4v) is 2.50. The predicted molar refractivity (Wildman–Crippen MR) is 74.6 cm³/mol. The summed E-state index contributed by atoms with van der Waals surface area (Å²) in [5.41, 5.74) is 0.572. The monoisotopic (exact) mass is 271 g/mol. The molecule has 0 aromatic carbocycles. The van der Waals surface area contributed by atoms with Crippen LogP contribution in [0.4, 0.5) is 5.13 Å². The summed E-state index contributed by atoms with van der Waals surface area (Å²) in [5, 5.41) is 13.0. The minimum Gasteiger partial charge on any atom is -0.477 e. The first-order valence-electron chi connectivity index (χ1n) is 5.93. The third-order valence-corrected chi connectivity index (χ3v) is 3.74. The summed E-state index contributed by atoms with van der Waals surface area (Å²) < 4.78 is 0. The van der Waals surface area contributed by atoms with Gasteiger partial charge in [0.05, 0.1) is 5.69 Å². The molecule has 1 rings (SSSR count). The highest BCUT2D eigenvalue weighted by atomic mass is 32.1. The Bertz CT molecular complexity index is 415. The average Bonchev–Trinajstić information content (AvgIpc) is 2.57. The van der Waals surface area contributed by atoms with Crippen LogP contribution in [0, 0.1) is 12.8 Å². The number of likely N-dealkylation sites (N-methyl/N-ethyl adjacent to an activating group) is 1. The summed E-state index contributed by atoms with van der Waals surface area (Å²) >= 11 is 1.20. The molecule has 1 heterocycles. The van der Waals surface area contributed by atoms with Crippen molar-refractivity contribution < 1.29 is 9.90 Å². The van der Waals surface area contributed by atoms with Crippen LogP contribution >= 0.6 is 11.3 Å². The fourth-order valence-electron chi connectivity index (χ4n) is 1.63. The van der Waals surface area contributed by atoms with Crippen molar-refractivity contribution in [1.29, 1.82) is 0 Å². The number of aromatic carboxylic acids is 1. The first kappa shape index (κ1) is 14.9. The van der Waals surface area contributed by atoms with Crippen LogP contribution in [0.3, 0.4) is 0 Å². The van der Waals surface area contributed by atoms with Crippen molar-refractivity contribution in [3.63, 3.8) is 0 Å². The molecule has 0 fully saturated rings. The van der Waals surface area contributed by atoms with Gasteiger partial charge in [-0.05, 0) is 26.9 Å². The fraction of sp³-hybridized carbons (Fsp3) is 0.667. The topological polar surface area (TPSA) is 65.5 Å². The van der Waals surface area contributed by atoms with Crippen LogP contribution in [0.2, 0.25) is 0 Å². The normalized spacial score (nSPS) is 13.1. The molecule has 1 aromatic rings. The number of thiazole rings is 1. The third kappa shape index (κ3) is 3.96. The number of carbonyl (C=O) groups is 1. The molecule has 0 aliphatic carbocycles. The highest BCUT2D eigenvalue weighted by Crippen LogP contribution is 2.24. The van der Waals surface area contributed by atoms with Crippen molar-refractivity contribution in [2.24, 2.45) is 5.92 Å². The van der Waals surface area contributed by atoms with E-state index in [-0.39, 0.29) is 6.04 Å². The lowest BCUT2D eigenvalue weighted by Gasteiger charge is -2.25. The number of hydrogen-bond acceptors (Lipinski definition) is 5. The summed E-state index contributed by atoms with van der Waals surface area (Å²) in [6.07, 6.45) is 0. The molecule has 0 saturated heterocycles. The lowest BCUT2D eigenvalue weighted by molar-refractivity contribution is 0.0701. The van der Waals surface area contributed by atoms with Crippen LogP contribution in [0.25, 0.3) is 0 Å². The van der Waals surface area contributed by atoms with E-state index in [0.29, 0.717) is 21.6 Å². The van der Waals surface area contributed by atoms with Gasteiger partial charge < -0.3 is 15.3 Å². The van der Waals surface area contributed by atoms with E-state index in [2.05, 4.69) is 29.0 Å². The van der Waals surface area contributed by atoms with Crippen molar-refractivity contribution in [3.8, 4) is 0 Å². The smallest absolute Gasteiger partial charge is 0.347 e. The van der Waals surface area contributed by atoms with Gasteiger partial charge in [-0.2, -0.15) is 0 Å². The number of carboxylic acids is 1. The van der Waals surface area contributed by atoms with E-state index in [1.807, 2.05) is 14.1 Å². The van der Waals surface area contributed by atoms with Gasteiger partial charge in [0.15, 0.2) is 5.13 Å². The second kappa shape index (κ2) is 6.15. The van der Waals surface area contributed by atoms with Gasteiger partial charge in [-0.3, -0.25) is 0 Å². The van der Waals surface area contributed by atoms with E-state index in [1.54, 1.807) is 6.92 Å². The second-order valence-electron chi connectivity index (χ2n) is 5.00. The minimum atomic E-state index is -0.910. The first-order chi connectivity index (χ1) is 8.31. The van der Waals surface area contributed by atoms with E-state index in [1.165, 1.54) is 11.3 Å². The molecule has 102 valence electrons. The molecule has 0 bridgehead atoms. The Morgan fingerprint density at radius 3 is 2.50 bits per heavy atom. The maximum Gasteiger partial charge on any atom is 0.347 e. The van der Waals surface area contributed by atoms with Crippen LogP contribution in [-0.2, 0) is 0 Å². The molecule has 0 spiro atoms. The Morgan fingerprint density at radius 2 is 2.11 bits per heavy atom. The molecule has 2 N–H and O–H groups in total. The molecule has 0 saturated carbocycles. The van der Waals surface area contributed by atoms with Crippen molar-refractivity contribution in [2.75, 3.05) is 26.0 Å². The quantitative estimate of drug-likeness (QED) is 0.830. The Hall–Kier alpha value is -1.14. The SMILES string of the molecule is Cc1nc(NC(CN(C)C)C(C)C)sc1C(=O)O. The first-order valence-corrected chi connectivity index (χ1v) is 6.75. The zero-order chi connectivity index (χ0) is 13.9. The van der Waals surface area contributed by atoms with E-state index in [9.17, 15) is 4.79 Å². The summed E-state index contributed by atoms with van der Waals surface area (Å²) in [6.45, 7) is 6.89. The maximum atomic E-state index is 11.0. The van der Waals surface area contributed by atoms with Crippen LogP contribution in [0.15, 0.2) is 0 Å². The highest BCUT2D eigenvalue weighted by molar-refractivity contribution is 7.17. The van der Waals surface area contributed by atoms with E-state index >= 15 is 0 Å². The summed E-state index contributed by atoms with van der Waals surface area (Å²) in [5.74, 6) is -0.461. The largest absolute Gasteiger partial charge is 0.477 e. The van der Waals surface area contributed by atoms with Gasteiger partial charge in [-0.1, -0.05) is 25.2 Å². The number of carboxylic acid groups (broad SMARTS) is 1. The van der Waals surface area contributed by atoms with Gasteiger partial charge in [-0.15, -0.1) is 0 Å². The molecule has 5 nitrogen and oxygen atoms in total. The Morgan fingerprint density at radius 1 is 1.50 bits per heavy atom. The molecule has 1 aromatic heterocycles. The van der Waals surface area contributed by atoms with Gasteiger partial charge >= 0.3 is 5.97 Å². The van der Waals surface area contributed by atoms with Gasteiger partial charge in [0.1, 0.15) is 4.88 Å². The average molecular weight is 271 g/mol. The summed E-state index contributed by atoms with van der Waals surface area (Å²) in [4.78, 5) is 17.7. The zero-order valence-electron chi connectivity index (χ0n) is 11.5. The van der Waals surface area contributed by atoms with Gasteiger partial charge in [-0.25, -0.2) is 9.78 Å². The Balaban J connectivity index is 2.81. The maximum absolute atomic E-state index is 11.0. The number of hydrogen-bond donors (Lipinski definition) is 2. The van der Waals surface area contributed by atoms with Gasteiger partial charge in [0, 0.05) is 12.6 Å². The van der Waals surface area contributed by atoms with Gasteiger partial charge in [0.25, 0.3) is 0 Å². The standard InChI is InChI=1S/C12H21N3O2S/c1-7(2)9(6-15(4)5)14-12-13-8(3)10(18-12)11(16)17/h7,9H,6H2,1-5H3,(H,13,14)(H,16,17). The molecule has 0 amide bonds. The van der Waals surface area contributed by atoms with E-state index in [0.717, 1.165) is 6.54 Å². The number of nitrogens with one attached hydrogen (secondary N) is 1. The second-order valence-corrected chi connectivity index (χ2v) is 5.99. The molecule has 18 heavy (non-hydrogen) atoms. The highest BCUT2D eigenvalue weighted by Gasteiger charge is 2.19. The summed E-state index contributed by atoms with van der Waals surface area (Å²) in [6, 6.07) is 0.257. The lowest BCUT2D eigenvalue weighted by Crippen LogP contribution is -2.36. The molecule has 0 aliphatic heterocycles. The van der Waals surface area contributed by atoms with Crippen molar-refractivity contribution >= 4 is 22.4 Å². The number of aromatic nitrogens is 1. The van der Waals surface area contributed by atoms with Crippen molar-refractivity contribution in [2.45, 2.75) is 26.8 Å². The number of nitrogens with zero attached hydrogens (tertiary/aromatic N) is 2. The minimum absolute atomic E-state index is 0.257. The molecule has 6 heteroatoms. The lowest BCUT2D eigenvalue weighted by atomic mass is 10.0. The molecule has 1 unspecified atom stereocenters. The zero-order valence-corrected chi connectivity index (χ0v) is 12.3. The van der Waals surface area contributed by atoms with Crippen LogP contribution in [0.5, 0.6) is 0 Å². The number of anilines is 1. The number of aryl methyl sites for hydroxylation is 1. The van der Waals surface area contributed by atoms with Crippen LogP contribution in [0.1, 0.15) is 29.2 Å². The van der Waals surface area contributed by atoms with E-state index in [4.69, 9.17) is 5.11 Å². The Kier molecular flexibility index (Phi) is 5.10. The van der Waals surface area contributed by atoms with Crippen LogP contribution < -0.4 is 5.32 Å². The number of rotatable bonds is 6. The van der Waals surface area contributed by atoms with Crippen molar-refractivity contribution in [3.05, 3.63) is 10.6 Å². The van der Waals surface area contributed by atoms with Gasteiger partial charge in [0.2, 0.25) is 0 Å². The molecule has 1 atom stereocenters. The predicted octanol–water partition coefficient (Wildman–Crippen LogP) is 2.15. The third-order valence-electron chi connectivity index (χ3n) is 2.67. The van der Waals surface area contributed by atoms with Crippen molar-refractivity contribution in [1.82, 2.24) is 9.88 Å². The summed E-state index contributed by atoms with van der Waals surface area (Å²) in [7, 11) is 4.04. The Labute approximate surface area is 112 Å². The van der Waals surface area contributed by atoms with E-state index < -0.39 is 5.97 Å². The van der Waals surface area contributed by atoms with Crippen LogP contribution in [-0.4, -0.2) is 47.6 Å².